The van der Waals surface area contributed by atoms with Gasteiger partial charge in [-0.2, -0.15) is 9.78 Å². The SMILES string of the molecule is CN1CCC=C(O)n2nccc21. The zero-order valence-electron chi connectivity index (χ0n) is 6.94. The molecule has 0 saturated carbocycles. The summed E-state index contributed by atoms with van der Waals surface area (Å²) in [5.41, 5.74) is 0. The number of anilines is 1. The summed E-state index contributed by atoms with van der Waals surface area (Å²) in [7, 11) is 1.99. The van der Waals surface area contributed by atoms with Crippen LogP contribution in [-0.4, -0.2) is 28.5 Å². The van der Waals surface area contributed by atoms with Gasteiger partial charge in [0.2, 0.25) is 5.88 Å². The minimum atomic E-state index is 0.222. The van der Waals surface area contributed by atoms with E-state index in [2.05, 4.69) is 10.00 Å². The van der Waals surface area contributed by atoms with Crippen molar-refractivity contribution in [3.05, 3.63) is 18.3 Å². The fraction of sp³-hybridized carbons (Fsp3) is 0.375. The van der Waals surface area contributed by atoms with Gasteiger partial charge in [-0.05, 0) is 12.5 Å². The number of aliphatic hydroxyl groups excluding tert-OH is 1. The number of aromatic nitrogens is 2. The number of hydrogen-bond donors (Lipinski definition) is 1. The van der Waals surface area contributed by atoms with E-state index in [0.717, 1.165) is 18.8 Å². The van der Waals surface area contributed by atoms with Gasteiger partial charge in [-0.3, -0.25) is 0 Å². The topological polar surface area (TPSA) is 41.3 Å². The summed E-state index contributed by atoms with van der Waals surface area (Å²) >= 11 is 0. The predicted octanol–water partition coefficient (Wildman–Crippen LogP) is 1.08. The van der Waals surface area contributed by atoms with Crippen LogP contribution in [0.1, 0.15) is 6.42 Å². The fourth-order valence-electron chi connectivity index (χ4n) is 1.35. The third-order valence-corrected chi connectivity index (χ3v) is 2.02. The lowest BCUT2D eigenvalue weighted by Gasteiger charge is -2.15. The normalized spacial score (nSPS) is 16.8. The zero-order chi connectivity index (χ0) is 8.55. The van der Waals surface area contributed by atoms with E-state index in [0.29, 0.717) is 0 Å². The van der Waals surface area contributed by atoms with Crippen LogP contribution in [-0.2, 0) is 0 Å². The van der Waals surface area contributed by atoms with Gasteiger partial charge >= 0.3 is 0 Å². The first-order valence-electron chi connectivity index (χ1n) is 3.93. The fourth-order valence-corrected chi connectivity index (χ4v) is 1.35. The third kappa shape index (κ3) is 0.958. The van der Waals surface area contributed by atoms with Crippen LogP contribution in [0.15, 0.2) is 18.3 Å². The Hall–Kier alpha value is -1.45. The number of aliphatic hydroxyl groups is 1. The first-order valence-corrected chi connectivity index (χ1v) is 3.93. The second-order valence-corrected chi connectivity index (χ2v) is 2.87. The van der Waals surface area contributed by atoms with E-state index in [1.54, 1.807) is 12.3 Å². The molecule has 0 unspecified atom stereocenters. The standard InChI is InChI=1S/C8H11N3O/c1-10-6-2-3-8(12)11-7(10)4-5-9-11/h3-5,12H,2,6H2,1H3. The Balaban J connectivity index is 2.50. The molecule has 0 bridgehead atoms. The molecule has 0 amide bonds. The first-order chi connectivity index (χ1) is 5.79. The highest BCUT2D eigenvalue weighted by Gasteiger charge is 2.12. The molecule has 64 valence electrons. The van der Waals surface area contributed by atoms with Crippen molar-refractivity contribution in [2.24, 2.45) is 0 Å². The third-order valence-electron chi connectivity index (χ3n) is 2.02. The van der Waals surface area contributed by atoms with Crippen LogP contribution in [0.2, 0.25) is 0 Å². The van der Waals surface area contributed by atoms with E-state index in [1.165, 1.54) is 4.68 Å². The lowest BCUT2D eigenvalue weighted by molar-refractivity contribution is 0.458. The summed E-state index contributed by atoms with van der Waals surface area (Å²) in [6.45, 7) is 0.912. The smallest absolute Gasteiger partial charge is 0.209 e. The van der Waals surface area contributed by atoms with Crippen molar-refractivity contribution in [1.29, 1.82) is 0 Å². The molecule has 12 heavy (non-hydrogen) atoms. The van der Waals surface area contributed by atoms with Crippen molar-refractivity contribution in [3.63, 3.8) is 0 Å². The van der Waals surface area contributed by atoms with Crippen LogP contribution in [0.25, 0.3) is 5.88 Å². The summed E-state index contributed by atoms with van der Waals surface area (Å²) in [6, 6.07) is 1.88. The minimum absolute atomic E-state index is 0.222. The van der Waals surface area contributed by atoms with Crippen molar-refractivity contribution in [3.8, 4) is 0 Å². The molecule has 0 saturated heterocycles. The van der Waals surface area contributed by atoms with E-state index in [9.17, 15) is 5.11 Å². The lowest BCUT2D eigenvalue weighted by atomic mass is 10.4. The average Bonchev–Trinajstić information content (AvgIpc) is 2.47. The van der Waals surface area contributed by atoms with Crippen molar-refractivity contribution >= 4 is 11.7 Å². The Labute approximate surface area is 70.7 Å². The van der Waals surface area contributed by atoms with Crippen LogP contribution in [0.3, 0.4) is 0 Å². The first kappa shape index (κ1) is 7.21. The van der Waals surface area contributed by atoms with Gasteiger partial charge in [0.25, 0.3) is 0 Å². The Kier molecular flexibility index (Phi) is 1.53. The monoisotopic (exact) mass is 165 g/mol. The number of rotatable bonds is 0. The molecule has 2 rings (SSSR count). The summed E-state index contributed by atoms with van der Waals surface area (Å²) in [6.07, 6.45) is 4.31. The predicted molar refractivity (Wildman–Crippen MR) is 47.0 cm³/mol. The van der Waals surface area contributed by atoms with Gasteiger partial charge in [0.05, 0.1) is 6.20 Å². The van der Waals surface area contributed by atoms with Gasteiger partial charge in [-0.15, -0.1) is 0 Å². The highest BCUT2D eigenvalue weighted by molar-refractivity contribution is 5.50. The number of nitrogens with zero attached hydrogens (tertiary/aromatic N) is 3. The molecule has 1 aromatic heterocycles. The summed E-state index contributed by atoms with van der Waals surface area (Å²) in [4.78, 5) is 2.06. The van der Waals surface area contributed by atoms with Crippen LogP contribution in [0.5, 0.6) is 0 Å². The molecule has 4 heteroatoms. The van der Waals surface area contributed by atoms with Crippen LogP contribution in [0.4, 0.5) is 5.82 Å². The van der Waals surface area contributed by atoms with Gasteiger partial charge in [0.1, 0.15) is 5.82 Å². The van der Waals surface area contributed by atoms with E-state index in [1.807, 2.05) is 13.1 Å². The molecular weight excluding hydrogens is 154 g/mol. The van der Waals surface area contributed by atoms with Crippen LogP contribution >= 0.6 is 0 Å². The maximum atomic E-state index is 9.48. The molecule has 1 aliphatic heterocycles. The maximum Gasteiger partial charge on any atom is 0.209 e. The van der Waals surface area contributed by atoms with Crippen molar-refractivity contribution in [2.75, 3.05) is 18.5 Å². The van der Waals surface area contributed by atoms with Crippen LogP contribution < -0.4 is 4.90 Å². The molecule has 1 aliphatic rings. The van der Waals surface area contributed by atoms with Gasteiger partial charge < -0.3 is 10.0 Å². The van der Waals surface area contributed by atoms with E-state index in [4.69, 9.17) is 0 Å². The maximum absolute atomic E-state index is 9.48. The Morgan fingerprint density at radius 2 is 2.42 bits per heavy atom. The molecular formula is C8H11N3O. The van der Waals surface area contributed by atoms with Gasteiger partial charge in [0, 0.05) is 19.7 Å². The molecule has 0 fully saturated rings. The summed E-state index contributed by atoms with van der Waals surface area (Å²) in [5.74, 6) is 1.15. The average molecular weight is 165 g/mol. The van der Waals surface area contributed by atoms with Crippen molar-refractivity contribution < 1.29 is 5.11 Å². The second kappa shape index (κ2) is 2.55. The molecule has 0 atom stereocenters. The Morgan fingerprint density at radius 1 is 1.58 bits per heavy atom. The largest absolute Gasteiger partial charge is 0.493 e. The van der Waals surface area contributed by atoms with E-state index >= 15 is 0 Å². The molecule has 0 radical (unpaired) electrons. The number of hydrogen-bond acceptors (Lipinski definition) is 3. The molecule has 1 N–H and O–H groups in total. The zero-order valence-corrected chi connectivity index (χ0v) is 6.94. The molecule has 0 aliphatic carbocycles. The highest BCUT2D eigenvalue weighted by Crippen LogP contribution is 2.18. The Bertz CT molecular complexity index is 316. The molecule has 4 nitrogen and oxygen atoms in total. The molecule has 0 spiro atoms. The molecule has 0 aromatic carbocycles. The van der Waals surface area contributed by atoms with Gasteiger partial charge in [0.15, 0.2) is 0 Å². The van der Waals surface area contributed by atoms with E-state index in [-0.39, 0.29) is 5.88 Å². The molecule has 2 heterocycles. The summed E-state index contributed by atoms with van der Waals surface area (Å²) < 4.78 is 1.53. The Morgan fingerprint density at radius 3 is 3.25 bits per heavy atom. The molecule has 1 aromatic rings. The highest BCUT2D eigenvalue weighted by atomic mass is 16.3. The van der Waals surface area contributed by atoms with Gasteiger partial charge in [-0.1, -0.05) is 0 Å². The van der Waals surface area contributed by atoms with Crippen molar-refractivity contribution in [1.82, 2.24) is 9.78 Å². The van der Waals surface area contributed by atoms with E-state index < -0.39 is 0 Å². The number of fused-ring (bicyclic) bond motifs is 1. The van der Waals surface area contributed by atoms with Gasteiger partial charge in [-0.25, -0.2) is 0 Å². The lowest BCUT2D eigenvalue weighted by Crippen LogP contribution is -2.19. The summed E-state index contributed by atoms with van der Waals surface area (Å²) in [5, 5.41) is 13.5. The second-order valence-electron chi connectivity index (χ2n) is 2.87. The minimum Gasteiger partial charge on any atom is -0.493 e. The van der Waals surface area contributed by atoms with Crippen LogP contribution in [0, 0.1) is 0 Å². The van der Waals surface area contributed by atoms with Crippen molar-refractivity contribution in [2.45, 2.75) is 6.42 Å². The quantitative estimate of drug-likeness (QED) is 0.625.